The number of benzene rings is 1. The molecule has 0 spiro atoms. The second kappa shape index (κ2) is 12.7. The third kappa shape index (κ3) is 7.98. The van der Waals surface area contributed by atoms with Gasteiger partial charge in [0.2, 0.25) is 11.8 Å². The Morgan fingerprint density at radius 1 is 1.09 bits per heavy atom. The van der Waals surface area contributed by atoms with Crippen LogP contribution in [0.3, 0.4) is 0 Å². The second-order valence-corrected chi connectivity index (χ2v) is 9.79. The molecule has 0 saturated heterocycles. The minimum absolute atomic E-state index is 0.0746. The van der Waals surface area contributed by atoms with Crippen LogP contribution < -0.4 is 16.3 Å². The number of nitrogens with zero attached hydrogens (tertiary/aromatic N) is 2. The van der Waals surface area contributed by atoms with Crippen molar-refractivity contribution in [2.24, 2.45) is 17.3 Å². The lowest BCUT2D eigenvalue weighted by atomic mass is 9.84. The van der Waals surface area contributed by atoms with E-state index in [4.69, 9.17) is 14.8 Å². The van der Waals surface area contributed by atoms with Crippen molar-refractivity contribution in [3.63, 3.8) is 0 Å². The third-order valence-corrected chi connectivity index (χ3v) is 5.48. The molecule has 0 fully saturated rings. The summed E-state index contributed by atoms with van der Waals surface area (Å²) in [6.45, 7) is 9.80. The second-order valence-electron chi connectivity index (χ2n) is 9.79. The number of nitrogens with one attached hydrogen (secondary N) is 3. The Hall–Kier alpha value is -2.66. The van der Waals surface area contributed by atoms with Gasteiger partial charge >= 0.3 is 0 Å². The van der Waals surface area contributed by atoms with Gasteiger partial charge in [-0.25, -0.2) is 0 Å². The van der Waals surface area contributed by atoms with Gasteiger partial charge in [0.05, 0.1) is 36.3 Å². The van der Waals surface area contributed by atoms with Crippen molar-refractivity contribution in [2.45, 2.75) is 59.8 Å². The van der Waals surface area contributed by atoms with E-state index < -0.39 is 23.5 Å². The van der Waals surface area contributed by atoms with Gasteiger partial charge in [-0.05, 0) is 35.4 Å². The van der Waals surface area contributed by atoms with Crippen molar-refractivity contribution in [1.82, 2.24) is 26.2 Å². The van der Waals surface area contributed by atoms with Crippen molar-refractivity contribution in [1.29, 1.82) is 0 Å². The summed E-state index contributed by atoms with van der Waals surface area (Å²) in [5.41, 5.74) is 3.54. The number of aromatic nitrogens is 2. The highest BCUT2D eigenvalue weighted by Gasteiger charge is 2.37. The number of likely N-dealkylation sites (N-methyl/N-ethyl adjacent to an activating group) is 1. The summed E-state index contributed by atoms with van der Waals surface area (Å²) in [7, 11) is 1.54. The van der Waals surface area contributed by atoms with Crippen LogP contribution in [-0.4, -0.2) is 52.8 Å². The van der Waals surface area contributed by atoms with E-state index in [0.717, 1.165) is 16.6 Å². The normalized spacial score (nSPS) is 14.6. The molecule has 34 heavy (non-hydrogen) atoms. The van der Waals surface area contributed by atoms with E-state index in [1.54, 1.807) is 25.1 Å². The average molecular weight is 476 g/mol. The Kier molecular flexibility index (Phi) is 10.3. The molecule has 1 aromatic heterocycles. The maximum absolute atomic E-state index is 13.4. The predicted molar refractivity (Wildman–Crippen MR) is 127 cm³/mol. The van der Waals surface area contributed by atoms with E-state index in [2.05, 4.69) is 20.6 Å². The third-order valence-electron chi connectivity index (χ3n) is 5.48. The molecule has 2 rings (SSSR count). The number of carbonyl (C=O) groups is 2. The van der Waals surface area contributed by atoms with E-state index >= 15 is 0 Å². The number of fused-ring (bicyclic) bond motifs is 1. The maximum Gasteiger partial charge on any atom is 0.242 e. The van der Waals surface area contributed by atoms with Crippen LogP contribution in [0.2, 0.25) is 0 Å². The molecule has 2 aromatic rings. The van der Waals surface area contributed by atoms with Gasteiger partial charge in [-0.1, -0.05) is 46.3 Å². The van der Waals surface area contributed by atoms with Crippen LogP contribution in [0.4, 0.5) is 0 Å². The zero-order valence-corrected chi connectivity index (χ0v) is 20.8. The van der Waals surface area contributed by atoms with E-state index in [1.165, 1.54) is 0 Å². The molecule has 3 unspecified atom stereocenters. The van der Waals surface area contributed by atoms with Gasteiger partial charge in [-0.3, -0.25) is 29.6 Å². The molecule has 3 atom stereocenters. The molecule has 0 aliphatic rings. The SMILES string of the molecule is CNC(=O)C(NC(=O)C(CC(C)C)C(CONO)OCc1ccc2nccnc2c1)C(C)(C)C. The molecule has 188 valence electrons. The quantitative estimate of drug-likeness (QED) is 0.344. The van der Waals surface area contributed by atoms with Gasteiger partial charge in [0.1, 0.15) is 6.04 Å². The first-order valence-corrected chi connectivity index (χ1v) is 11.4. The lowest BCUT2D eigenvalue weighted by Crippen LogP contribution is -2.55. The standard InChI is InChI=1S/C24H37N5O5/c1-15(2)11-17(22(30)28-21(23(31)25-6)24(3,4)5)20(14-34-29-32)33-13-16-7-8-18-19(12-16)27-10-9-26-18/h7-10,12,15,17,20-21,29,32H,11,13-14H2,1-6H3,(H,25,31)(H,28,30). The first-order chi connectivity index (χ1) is 16.1. The minimum Gasteiger partial charge on any atom is -0.370 e. The molecule has 0 saturated carbocycles. The molecule has 0 bridgehead atoms. The fraction of sp³-hybridized carbons (Fsp3) is 0.583. The van der Waals surface area contributed by atoms with Crippen LogP contribution in [-0.2, 0) is 25.8 Å². The summed E-state index contributed by atoms with van der Waals surface area (Å²) in [5.74, 6) is -1.03. The van der Waals surface area contributed by atoms with Gasteiger partial charge in [0.25, 0.3) is 0 Å². The molecule has 1 heterocycles. The van der Waals surface area contributed by atoms with Gasteiger partial charge < -0.3 is 15.4 Å². The number of ether oxygens (including phenoxy) is 1. The summed E-state index contributed by atoms with van der Waals surface area (Å²) in [5, 5.41) is 14.5. The molecule has 10 heteroatoms. The highest BCUT2D eigenvalue weighted by atomic mass is 16.8. The summed E-state index contributed by atoms with van der Waals surface area (Å²) >= 11 is 0. The summed E-state index contributed by atoms with van der Waals surface area (Å²) < 4.78 is 6.13. The van der Waals surface area contributed by atoms with E-state index in [1.807, 2.05) is 52.8 Å². The summed E-state index contributed by atoms with van der Waals surface area (Å²) in [6.07, 6.45) is 3.06. The Labute approximate surface area is 200 Å². The van der Waals surface area contributed by atoms with Crippen LogP contribution in [0.15, 0.2) is 30.6 Å². The fourth-order valence-corrected chi connectivity index (χ4v) is 3.71. The lowest BCUT2D eigenvalue weighted by Gasteiger charge is -2.33. The highest BCUT2D eigenvalue weighted by Crippen LogP contribution is 2.24. The Morgan fingerprint density at radius 2 is 1.76 bits per heavy atom. The van der Waals surface area contributed by atoms with Gasteiger partial charge in [-0.15, -0.1) is 0 Å². The maximum atomic E-state index is 13.4. The lowest BCUT2D eigenvalue weighted by molar-refractivity contribution is -0.170. The molecule has 1 aromatic carbocycles. The zero-order valence-electron chi connectivity index (χ0n) is 20.8. The summed E-state index contributed by atoms with van der Waals surface area (Å²) in [6, 6.07) is 4.90. The van der Waals surface area contributed by atoms with Gasteiger partial charge in [0, 0.05) is 19.4 Å². The Bertz CT molecular complexity index is 947. The molecular weight excluding hydrogens is 438 g/mol. The van der Waals surface area contributed by atoms with Crippen molar-refractivity contribution in [3.05, 3.63) is 36.2 Å². The largest absolute Gasteiger partial charge is 0.370 e. The average Bonchev–Trinajstić information content (AvgIpc) is 2.79. The van der Waals surface area contributed by atoms with Crippen LogP contribution in [0.25, 0.3) is 11.0 Å². The Morgan fingerprint density at radius 3 is 2.35 bits per heavy atom. The van der Waals surface area contributed by atoms with Crippen LogP contribution >= 0.6 is 0 Å². The number of hydrogen-bond acceptors (Lipinski definition) is 8. The van der Waals surface area contributed by atoms with Crippen molar-refractivity contribution in [3.8, 4) is 0 Å². The van der Waals surface area contributed by atoms with Gasteiger partial charge in [-0.2, -0.15) is 0 Å². The molecule has 2 amide bonds. The van der Waals surface area contributed by atoms with Crippen LogP contribution in [0.5, 0.6) is 0 Å². The molecule has 10 nitrogen and oxygen atoms in total. The first-order valence-electron chi connectivity index (χ1n) is 11.4. The Balaban J connectivity index is 2.25. The molecule has 4 N–H and O–H groups in total. The predicted octanol–water partition coefficient (Wildman–Crippen LogP) is 2.36. The van der Waals surface area contributed by atoms with E-state index in [0.29, 0.717) is 6.42 Å². The minimum atomic E-state index is -0.726. The van der Waals surface area contributed by atoms with Gasteiger partial charge in [0.15, 0.2) is 0 Å². The number of hydrogen-bond donors (Lipinski definition) is 4. The highest BCUT2D eigenvalue weighted by molar-refractivity contribution is 5.89. The van der Waals surface area contributed by atoms with Crippen molar-refractivity contribution in [2.75, 3.05) is 13.7 Å². The van der Waals surface area contributed by atoms with Crippen molar-refractivity contribution >= 4 is 22.8 Å². The van der Waals surface area contributed by atoms with Crippen LogP contribution in [0.1, 0.15) is 46.6 Å². The monoisotopic (exact) mass is 475 g/mol. The van der Waals surface area contributed by atoms with Crippen LogP contribution in [0, 0.1) is 17.3 Å². The summed E-state index contributed by atoms with van der Waals surface area (Å²) in [4.78, 5) is 39.5. The number of rotatable bonds is 12. The van der Waals surface area contributed by atoms with Crippen molar-refractivity contribution < 1.29 is 24.4 Å². The first kappa shape index (κ1) is 27.6. The van der Waals surface area contributed by atoms with E-state index in [9.17, 15) is 9.59 Å². The van der Waals surface area contributed by atoms with E-state index in [-0.39, 0.29) is 30.9 Å². The fourth-order valence-electron chi connectivity index (χ4n) is 3.71. The topological polar surface area (TPSA) is 135 Å². The zero-order chi connectivity index (χ0) is 25.3. The molecule has 0 radical (unpaired) electrons. The number of amides is 2. The molecular formula is C24H37N5O5. The molecule has 0 aliphatic heterocycles. The smallest absolute Gasteiger partial charge is 0.242 e. The molecule has 0 aliphatic carbocycles. The number of carbonyl (C=O) groups excluding carboxylic acids is 2.